The third kappa shape index (κ3) is 22.0. The van der Waals surface area contributed by atoms with Crippen LogP contribution in [-0.2, 0) is 24.6 Å². The number of carbonyl (C=O) groups is 1. The maximum atomic E-state index is 10.6. The van der Waals surface area contributed by atoms with Gasteiger partial charge in [0, 0.05) is 50.6 Å². The van der Waals surface area contributed by atoms with Crippen LogP contribution in [0.2, 0.25) is 0 Å². The Kier molecular flexibility index (Phi) is 33.2. The Hall–Kier alpha value is 1.89. The van der Waals surface area contributed by atoms with Crippen molar-refractivity contribution in [1.82, 2.24) is 0 Å². The number of hydrogen-bond acceptors (Lipinski definition) is 4. The van der Waals surface area contributed by atoms with Gasteiger partial charge in [0.2, 0.25) is 0 Å². The minimum atomic E-state index is -0.885. The fourth-order valence-electron chi connectivity index (χ4n) is 3.43. The summed E-state index contributed by atoms with van der Waals surface area (Å²) in [5, 5.41) is 17.5. The molecule has 4 aromatic rings. The van der Waals surface area contributed by atoms with Gasteiger partial charge in [0.15, 0.2) is 0 Å². The molecule has 4 rings (SSSR count). The summed E-state index contributed by atoms with van der Waals surface area (Å²) in [5.74, 6) is -0.0182. The van der Waals surface area contributed by atoms with E-state index in [9.17, 15) is 4.79 Å². The summed E-state index contributed by atoms with van der Waals surface area (Å²) in [4.78, 5) is 10.6. The van der Waals surface area contributed by atoms with E-state index < -0.39 is 5.97 Å². The number of hydrogen-bond donors (Lipinski definition) is 2. The summed E-state index contributed by atoms with van der Waals surface area (Å²) in [5.41, 5.74) is 6.84. The minimum absolute atomic E-state index is 0. The van der Waals surface area contributed by atoms with Crippen LogP contribution < -0.4 is 18.0 Å². The number of aromatic carboxylic acids is 1. The summed E-state index contributed by atoms with van der Waals surface area (Å²) in [6, 6.07) is 25.2. The van der Waals surface area contributed by atoms with E-state index in [1.54, 1.807) is 26.2 Å². The van der Waals surface area contributed by atoms with Gasteiger partial charge in [-0.05, 0) is 103 Å². The van der Waals surface area contributed by atoms with Crippen molar-refractivity contribution in [2.45, 2.75) is 40.6 Å². The summed E-state index contributed by atoms with van der Waals surface area (Å²) < 4.78 is 13.8. The van der Waals surface area contributed by atoms with Crippen LogP contribution in [0.3, 0.4) is 0 Å². The Morgan fingerprint density at radius 1 is 0.739 bits per heavy atom. The quantitative estimate of drug-likeness (QED) is 0.180. The molecule has 0 fully saturated rings. The Morgan fingerprint density at radius 2 is 1.17 bits per heavy atom. The summed E-state index contributed by atoms with van der Waals surface area (Å²) in [6.45, 7) is 7.20. The van der Waals surface area contributed by atoms with E-state index in [4.69, 9.17) is 19.7 Å². The van der Waals surface area contributed by atoms with Gasteiger partial charge in [-0.15, -0.1) is 24.0 Å². The normalized spacial score (nSPS) is 9.39. The van der Waals surface area contributed by atoms with E-state index in [0.29, 0.717) is 32.0 Å². The number of halogens is 9. The molecule has 0 saturated carbocycles. The van der Waals surface area contributed by atoms with Crippen LogP contribution in [0.1, 0.15) is 43.7 Å². The third-order valence-electron chi connectivity index (χ3n) is 5.91. The standard InChI is InChI=1S/C16H17BrO2.C8H7BrO2.C8H9BrO.I3.I2.HI/c1-12-3-6-15(17)9-14(12)11-19-10-13-4-7-16(18-2)8-5-13;1-5-2-3-6(9)4-7(5)8(10)11;1-6-2-3-8(9)4-7(6)5-10;1-3-2;1-2;/h3-9H,10-11H2,1-2H3;2-4H,1H3,(H,10,11);2-4,10H,5H2,1H3;;;1H/q;;;-1;;. The van der Waals surface area contributed by atoms with Crippen molar-refractivity contribution in [3.05, 3.63) is 131 Å². The summed E-state index contributed by atoms with van der Waals surface area (Å²) >= 11 is 19.5. The molecule has 0 spiro atoms. The molecule has 46 heavy (non-hydrogen) atoms. The molecule has 0 saturated heterocycles. The van der Waals surface area contributed by atoms with E-state index in [0.717, 1.165) is 41.4 Å². The molecule has 0 heterocycles. The number of carboxylic acids is 1. The molecule has 0 radical (unpaired) electrons. The first-order valence-corrected chi connectivity index (χ1v) is 34.0. The molecule has 0 aromatic heterocycles. The van der Waals surface area contributed by atoms with E-state index >= 15 is 0 Å². The van der Waals surface area contributed by atoms with E-state index in [-0.39, 0.29) is 30.6 Å². The number of carboxylic acid groups (broad SMARTS) is 1. The number of rotatable bonds is 7. The van der Waals surface area contributed by atoms with E-state index in [1.165, 1.54) is 11.1 Å². The second-order valence-corrected chi connectivity index (χ2v) is 28.0. The average Bonchev–Trinajstić information content (AvgIpc) is 3.03. The molecule has 5 nitrogen and oxygen atoms in total. The first kappa shape index (κ1) is 50.0. The van der Waals surface area contributed by atoms with Gasteiger partial charge in [-0.25, -0.2) is 4.79 Å². The fourth-order valence-corrected chi connectivity index (χ4v) is 4.61. The van der Waals surface area contributed by atoms with Gasteiger partial charge in [0.1, 0.15) is 5.75 Å². The first-order chi connectivity index (χ1) is 21.4. The second-order valence-electron chi connectivity index (χ2n) is 8.96. The van der Waals surface area contributed by atoms with Gasteiger partial charge in [-0.2, -0.15) is 0 Å². The van der Waals surface area contributed by atoms with Crippen LogP contribution in [0, 0.1) is 20.8 Å². The molecule has 0 unspecified atom stereocenters. The third-order valence-corrected chi connectivity index (χ3v) is 7.39. The molecule has 0 atom stereocenters. The van der Waals surface area contributed by atoms with Crippen molar-refractivity contribution in [2.75, 3.05) is 7.11 Å². The van der Waals surface area contributed by atoms with Crippen LogP contribution in [0.4, 0.5) is 0 Å². The monoisotopic (exact) mass is 1500 g/mol. The number of methoxy groups -OCH3 is 1. The zero-order valence-corrected chi connectivity index (χ0v) is 43.1. The van der Waals surface area contributed by atoms with E-state index in [1.807, 2.05) is 61.5 Å². The predicted octanol–water partition coefficient (Wildman–Crippen LogP) is 10.4. The van der Waals surface area contributed by atoms with Crippen LogP contribution in [0.15, 0.2) is 92.3 Å². The summed E-state index contributed by atoms with van der Waals surface area (Å²) in [6.07, 6.45) is 0. The van der Waals surface area contributed by atoms with Crippen molar-refractivity contribution in [3.63, 3.8) is 0 Å². The fraction of sp³-hybridized carbons (Fsp3) is 0.219. The van der Waals surface area contributed by atoms with Crippen molar-refractivity contribution in [1.29, 1.82) is 0 Å². The molecule has 2 N–H and O–H groups in total. The summed E-state index contributed by atoms with van der Waals surface area (Å²) in [7, 11) is 1.67. The molecule has 0 aliphatic heterocycles. The molecule has 0 bridgehead atoms. The Morgan fingerprint density at radius 3 is 1.59 bits per heavy atom. The van der Waals surface area contributed by atoms with Crippen molar-refractivity contribution in [3.8, 4) is 5.75 Å². The van der Waals surface area contributed by atoms with Gasteiger partial charge in [-0.1, -0.05) is 78.1 Å². The first-order valence-electron chi connectivity index (χ1n) is 12.8. The van der Waals surface area contributed by atoms with Crippen molar-refractivity contribution in [2.24, 2.45) is 0 Å². The molecule has 0 amide bonds. The maximum absolute atomic E-state index is 10.6. The Bertz CT molecular complexity index is 1430. The van der Waals surface area contributed by atoms with Crippen LogP contribution in [-0.4, -0.2) is 23.3 Å². The molecule has 4 aromatic carbocycles. The molecule has 256 valence electrons. The van der Waals surface area contributed by atoms with Gasteiger partial charge >= 0.3 is 56.5 Å². The van der Waals surface area contributed by atoms with Crippen LogP contribution >= 0.6 is 146 Å². The molecule has 0 aliphatic carbocycles. The number of ether oxygens (including phenoxy) is 2. The number of aryl methyl sites for hydroxylation is 3. The Balaban J connectivity index is 0. The van der Waals surface area contributed by atoms with Gasteiger partial charge in [0.05, 0.1) is 32.5 Å². The topological polar surface area (TPSA) is 76.0 Å². The molecule has 0 aliphatic rings. The van der Waals surface area contributed by atoms with Crippen LogP contribution in [0.5, 0.6) is 5.75 Å². The number of benzene rings is 4. The van der Waals surface area contributed by atoms with Gasteiger partial charge in [0.25, 0.3) is 0 Å². The zero-order chi connectivity index (χ0) is 34.4. The van der Waals surface area contributed by atoms with Gasteiger partial charge in [-0.3, -0.25) is 0 Å². The van der Waals surface area contributed by atoms with Crippen molar-refractivity contribution < 1.29 is 37.7 Å². The average molecular weight is 1500 g/mol. The zero-order valence-electron chi connectivity index (χ0n) is 25.2. The predicted molar refractivity (Wildman–Crippen MR) is 243 cm³/mol. The molecular weight excluding hydrogens is 1470 g/mol. The Labute approximate surface area is 368 Å². The molecule has 14 heteroatoms. The second kappa shape index (κ2) is 30.5. The van der Waals surface area contributed by atoms with E-state index in [2.05, 4.69) is 141 Å². The van der Waals surface area contributed by atoms with Gasteiger partial charge < -0.3 is 19.7 Å². The molecular formula is C32H34Br3I6O5-. The van der Waals surface area contributed by atoms with Crippen LogP contribution in [0.25, 0.3) is 0 Å². The number of aliphatic hydroxyl groups is 1. The van der Waals surface area contributed by atoms with Crippen molar-refractivity contribution >= 4 is 152 Å². The number of aliphatic hydroxyl groups excluding tert-OH is 1. The SMILES string of the molecule is COc1ccc(COCc2cc(Br)ccc2C)cc1.Cc1ccc(Br)cc1C(=O)O.Cc1ccc(Br)cc1CO.I.II.I[I-]I.